The van der Waals surface area contributed by atoms with E-state index in [1.165, 1.54) is 0 Å². The van der Waals surface area contributed by atoms with Gasteiger partial charge >= 0.3 is 0 Å². The summed E-state index contributed by atoms with van der Waals surface area (Å²) in [6.45, 7) is 7.40. The Labute approximate surface area is 149 Å². The molecule has 0 unspecified atom stereocenters. The summed E-state index contributed by atoms with van der Waals surface area (Å²) in [4.78, 5) is 6.83. The lowest BCUT2D eigenvalue weighted by Crippen LogP contribution is -2.49. The molecule has 0 radical (unpaired) electrons. The number of aliphatic imine (C=N–C) groups is 1. The zero-order chi connectivity index (χ0) is 16.8. The predicted molar refractivity (Wildman–Crippen MR) is 99.5 cm³/mol. The molecule has 2 rings (SSSR count). The van der Waals surface area contributed by atoms with Crippen molar-refractivity contribution in [2.45, 2.75) is 45.3 Å². The molecule has 1 aromatic carbocycles. The van der Waals surface area contributed by atoms with E-state index in [0.717, 1.165) is 37.5 Å². The van der Waals surface area contributed by atoms with E-state index in [1.54, 1.807) is 13.1 Å². The molecule has 0 bridgehead atoms. The maximum Gasteiger partial charge on any atom is 0.191 e. The molecular weight excluding hydrogens is 331 g/mol. The highest BCUT2D eigenvalue weighted by atomic mass is 35.5. The van der Waals surface area contributed by atoms with Gasteiger partial charge in [0.2, 0.25) is 0 Å². The molecule has 0 spiro atoms. The molecule has 0 aromatic heterocycles. The fraction of sp³-hybridized carbons (Fsp3) is 0.588. The Morgan fingerprint density at radius 3 is 2.57 bits per heavy atom. The molecule has 1 aliphatic rings. The van der Waals surface area contributed by atoms with E-state index < -0.39 is 0 Å². The third kappa shape index (κ3) is 5.55. The smallest absolute Gasteiger partial charge is 0.191 e. The van der Waals surface area contributed by atoms with Crippen LogP contribution in [-0.4, -0.2) is 43.1 Å². The van der Waals surface area contributed by atoms with E-state index in [0.29, 0.717) is 28.7 Å². The van der Waals surface area contributed by atoms with Gasteiger partial charge in [-0.1, -0.05) is 29.3 Å². The molecule has 1 saturated heterocycles. The highest BCUT2D eigenvalue weighted by Gasteiger charge is 2.21. The van der Waals surface area contributed by atoms with Crippen molar-refractivity contribution < 1.29 is 0 Å². The summed E-state index contributed by atoms with van der Waals surface area (Å²) in [5, 5.41) is 8.16. The van der Waals surface area contributed by atoms with Gasteiger partial charge in [-0.25, -0.2) is 0 Å². The van der Waals surface area contributed by atoms with Gasteiger partial charge in [0.25, 0.3) is 0 Å². The first kappa shape index (κ1) is 18.4. The monoisotopic (exact) mass is 356 g/mol. The molecule has 23 heavy (non-hydrogen) atoms. The molecule has 1 fully saturated rings. The Morgan fingerprint density at radius 2 is 2.00 bits per heavy atom. The summed E-state index contributed by atoms with van der Waals surface area (Å²) in [6, 6.07) is 6.64. The van der Waals surface area contributed by atoms with Crippen molar-refractivity contribution in [3.05, 3.63) is 33.8 Å². The van der Waals surface area contributed by atoms with E-state index in [1.807, 2.05) is 12.1 Å². The van der Waals surface area contributed by atoms with Gasteiger partial charge in [0.05, 0.1) is 0 Å². The molecule has 0 atom stereocenters. The fourth-order valence-electron chi connectivity index (χ4n) is 2.79. The average molecular weight is 357 g/mol. The molecule has 128 valence electrons. The second-order valence-electron chi connectivity index (χ2n) is 6.21. The lowest BCUT2D eigenvalue weighted by atomic mass is 10.0. The lowest BCUT2D eigenvalue weighted by Gasteiger charge is -2.35. The minimum atomic E-state index is 0.469. The van der Waals surface area contributed by atoms with Crippen LogP contribution in [0.3, 0.4) is 0 Å². The van der Waals surface area contributed by atoms with Gasteiger partial charge in [0.15, 0.2) is 5.96 Å². The Kier molecular flexibility index (Phi) is 7.00. The van der Waals surface area contributed by atoms with Gasteiger partial charge in [-0.05, 0) is 44.4 Å². The van der Waals surface area contributed by atoms with E-state index >= 15 is 0 Å². The average Bonchev–Trinajstić information content (AvgIpc) is 2.53. The first-order chi connectivity index (χ1) is 11.0. The van der Waals surface area contributed by atoms with Crippen molar-refractivity contribution in [3.63, 3.8) is 0 Å². The number of piperidine rings is 1. The molecule has 4 nitrogen and oxygen atoms in total. The molecule has 1 heterocycles. The highest BCUT2D eigenvalue weighted by molar-refractivity contribution is 6.35. The van der Waals surface area contributed by atoms with Gasteiger partial charge < -0.3 is 15.5 Å². The molecule has 0 amide bonds. The van der Waals surface area contributed by atoms with Crippen molar-refractivity contribution in [1.29, 1.82) is 0 Å². The summed E-state index contributed by atoms with van der Waals surface area (Å²) in [7, 11) is 1.79. The summed E-state index contributed by atoms with van der Waals surface area (Å²) < 4.78 is 0. The van der Waals surface area contributed by atoms with Gasteiger partial charge in [-0.15, -0.1) is 0 Å². The van der Waals surface area contributed by atoms with Gasteiger partial charge in [-0.2, -0.15) is 0 Å². The zero-order valence-electron chi connectivity index (χ0n) is 14.1. The molecular formula is C17H26Cl2N4. The van der Waals surface area contributed by atoms with Crippen molar-refractivity contribution in [3.8, 4) is 0 Å². The summed E-state index contributed by atoms with van der Waals surface area (Å²) in [5.41, 5.74) is 1.01. The number of likely N-dealkylation sites (tertiary alicyclic amines) is 1. The Balaban J connectivity index is 1.82. The van der Waals surface area contributed by atoms with Crippen molar-refractivity contribution in [1.82, 2.24) is 15.5 Å². The lowest BCUT2D eigenvalue weighted by molar-refractivity contribution is 0.167. The number of benzene rings is 1. The molecule has 2 N–H and O–H groups in total. The predicted octanol–water partition coefficient (Wildman–Crippen LogP) is 3.53. The SMILES string of the molecule is CN=C(NCc1ccc(Cl)cc1Cl)NC1CCN(C(C)C)CC1. The Morgan fingerprint density at radius 1 is 1.30 bits per heavy atom. The van der Waals surface area contributed by atoms with Crippen molar-refractivity contribution in [2.24, 2.45) is 4.99 Å². The van der Waals surface area contributed by atoms with Gasteiger partial charge in [-0.3, -0.25) is 4.99 Å². The Hall–Kier alpha value is -0.970. The first-order valence-electron chi connectivity index (χ1n) is 8.14. The third-order valence-electron chi connectivity index (χ3n) is 4.29. The van der Waals surface area contributed by atoms with Crippen molar-refractivity contribution >= 4 is 29.2 Å². The van der Waals surface area contributed by atoms with Crippen LogP contribution in [0.25, 0.3) is 0 Å². The minimum absolute atomic E-state index is 0.469. The zero-order valence-corrected chi connectivity index (χ0v) is 15.6. The summed E-state index contributed by atoms with van der Waals surface area (Å²) in [6.07, 6.45) is 2.28. The molecule has 6 heteroatoms. The molecule has 1 aromatic rings. The molecule has 0 aliphatic carbocycles. The van der Waals surface area contributed by atoms with Crippen LogP contribution < -0.4 is 10.6 Å². The summed E-state index contributed by atoms with van der Waals surface area (Å²) >= 11 is 12.1. The summed E-state index contributed by atoms with van der Waals surface area (Å²) in [5.74, 6) is 0.819. The number of halogens is 2. The van der Waals surface area contributed by atoms with E-state index in [9.17, 15) is 0 Å². The topological polar surface area (TPSA) is 39.7 Å². The largest absolute Gasteiger partial charge is 0.354 e. The van der Waals surface area contributed by atoms with Crippen LogP contribution >= 0.6 is 23.2 Å². The van der Waals surface area contributed by atoms with Crippen LogP contribution in [0, 0.1) is 0 Å². The first-order valence-corrected chi connectivity index (χ1v) is 8.90. The number of nitrogens with one attached hydrogen (secondary N) is 2. The van der Waals surface area contributed by atoms with Crippen LogP contribution in [-0.2, 0) is 6.54 Å². The quantitative estimate of drug-likeness (QED) is 0.640. The van der Waals surface area contributed by atoms with Gasteiger partial charge in [0.1, 0.15) is 0 Å². The number of rotatable bonds is 4. The van der Waals surface area contributed by atoms with Crippen LogP contribution in [0.2, 0.25) is 10.0 Å². The van der Waals surface area contributed by atoms with Crippen LogP contribution in [0.1, 0.15) is 32.3 Å². The second kappa shape index (κ2) is 8.76. The standard InChI is InChI=1S/C17H26Cl2N4/c1-12(2)23-8-6-15(7-9-23)22-17(20-3)21-11-13-4-5-14(18)10-16(13)19/h4-5,10,12,15H,6-9,11H2,1-3H3,(H2,20,21,22). The number of hydrogen-bond donors (Lipinski definition) is 2. The minimum Gasteiger partial charge on any atom is -0.354 e. The number of guanidine groups is 1. The van der Waals surface area contributed by atoms with E-state index in [-0.39, 0.29) is 0 Å². The van der Waals surface area contributed by atoms with Crippen molar-refractivity contribution in [2.75, 3.05) is 20.1 Å². The maximum absolute atomic E-state index is 6.20. The number of nitrogens with zero attached hydrogens (tertiary/aromatic N) is 2. The number of hydrogen-bond acceptors (Lipinski definition) is 2. The van der Waals surface area contributed by atoms with Gasteiger partial charge in [0, 0.05) is 48.8 Å². The van der Waals surface area contributed by atoms with Crippen LogP contribution in [0.4, 0.5) is 0 Å². The van der Waals surface area contributed by atoms with Crippen LogP contribution in [0.15, 0.2) is 23.2 Å². The molecule has 0 saturated carbocycles. The Bertz CT molecular complexity index is 537. The fourth-order valence-corrected chi connectivity index (χ4v) is 3.27. The van der Waals surface area contributed by atoms with E-state index in [4.69, 9.17) is 23.2 Å². The second-order valence-corrected chi connectivity index (χ2v) is 7.05. The van der Waals surface area contributed by atoms with Crippen LogP contribution in [0.5, 0.6) is 0 Å². The maximum atomic E-state index is 6.20. The molecule has 1 aliphatic heterocycles. The van der Waals surface area contributed by atoms with E-state index in [2.05, 4.69) is 34.4 Å². The highest BCUT2D eigenvalue weighted by Crippen LogP contribution is 2.20. The third-order valence-corrected chi connectivity index (χ3v) is 4.87. The normalized spacial score (nSPS) is 17.6.